The maximum atomic E-state index is 12.4. The lowest BCUT2D eigenvalue weighted by molar-refractivity contribution is -0.126. The molecule has 0 bridgehead atoms. The van der Waals surface area contributed by atoms with Crippen LogP contribution in [0.4, 0.5) is 0 Å². The van der Waals surface area contributed by atoms with E-state index in [1.165, 1.54) is 4.88 Å². The van der Waals surface area contributed by atoms with Crippen molar-refractivity contribution in [1.29, 1.82) is 0 Å². The Morgan fingerprint density at radius 3 is 2.80 bits per heavy atom. The number of thiophene rings is 1. The molecule has 1 aromatic heterocycles. The molecule has 1 aliphatic heterocycles. The van der Waals surface area contributed by atoms with Crippen LogP contribution in [-0.2, 0) is 4.79 Å². The summed E-state index contributed by atoms with van der Waals surface area (Å²) in [6, 6.07) is 14.4. The van der Waals surface area contributed by atoms with Gasteiger partial charge in [0.25, 0.3) is 0 Å². The standard InChI is InChI=1S/C17H17NOS/c19-17(11-10-14-6-2-1-3-7-14)18-12-4-8-15(18)16-9-5-13-20-16/h1-3,5-7,9-11,13,15H,4,8,12H2/b11-10+. The van der Waals surface area contributed by atoms with E-state index < -0.39 is 0 Å². The van der Waals surface area contributed by atoms with E-state index in [1.54, 1.807) is 17.4 Å². The molecule has 3 rings (SSSR count). The summed E-state index contributed by atoms with van der Waals surface area (Å²) in [6.45, 7) is 0.862. The molecule has 0 N–H and O–H groups in total. The smallest absolute Gasteiger partial charge is 0.247 e. The summed E-state index contributed by atoms with van der Waals surface area (Å²) in [5.74, 6) is 0.116. The Kier molecular flexibility index (Phi) is 3.97. The second kappa shape index (κ2) is 6.06. The number of amides is 1. The minimum absolute atomic E-state index is 0.116. The topological polar surface area (TPSA) is 20.3 Å². The largest absolute Gasteiger partial charge is 0.331 e. The third-order valence-corrected chi connectivity index (χ3v) is 4.60. The van der Waals surface area contributed by atoms with E-state index in [1.807, 2.05) is 41.3 Å². The third kappa shape index (κ3) is 2.83. The van der Waals surface area contributed by atoms with Crippen LogP contribution in [0.2, 0.25) is 0 Å². The summed E-state index contributed by atoms with van der Waals surface area (Å²) in [6.07, 6.45) is 5.76. The van der Waals surface area contributed by atoms with Crippen LogP contribution in [0.3, 0.4) is 0 Å². The fourth-order valence-electron chi connectivity index (χ4n) is 2.63. The maximum absolute atomic E-state index is 12.4. The van der Waals surface area contributed by atoms with E-state index in [0.717, 1.165) is 24.9 Å². The number of likely N-dealkylation sites (tertiary alicyclic amines) is 1. The average molecular weight is 283 g/mol. The van der Waals surface area contributed by atoms with Gasteiger partial charge in [-0.05, 0) is 35.9 Å². The number of hydrogen-bond donors (Lipinski definition) is 0. The van der Waals surface area contributed by atoms with Gasteiger partial charge in [-0.1, -0.05) is 36.4 Å². The lowest BCUT2D eigenvalue weighted by Crippen LogP contribution is -2.28. The highest BCUT2D eigenvalue weighted by molar-refractivity contribution is 7.10. The van der Waals surface area contributed by atoms with Gasteiger partial charge >= 0.3 is 0 Å². The van der Waals surface area contributed by atoms with Crippen molar-refractivity contribution in [2.75, 3.05) is 6.54 Å². The van der Waals surface area contributed by atoms with E-state index in [2.05, 4.69) is 17.5 Å². The Morgan fingerprint density at radius 2 is 2.05 bits per heavy atom. The van der Waals surface area contributed by atoms with Crippen molar-refractivity contribution in [3.8, 4) is 0 Å². The molecular weight excluding hydrogens is 266 g/mol. The van der Waals surface area contributed by atoms with Crippen molar-refractivity contribution in [2.24, 2.45) is 0 Å². The Labute approximate surface area is 123 Å². The second-order valence-electron chi connectivity index (χ2n) is 4.95. The highest BCUT2D eigenvalue weighted by atomic mass is 32.1. The lowest BCUT2D eigenvalue weighted by Gasteiger charge is -2.22. The summed E-state index contributed by atoms with van der Waals surface area (Å²) in [5, 5.41) is 2.08. The zero-order valence-electron chi connectivity index (χ0n) is 11.2. The van der Waals surface area contributed by atoms with E-state index in [9.17, 15) is 4.79 Å². The van der Waals surface area contributed by atoms with E-state index in [0.29, 0.717) is 0 Å². The van der Waals surface area contributed by atoms with Crippen LogP contribution in [0.15, 0.2) is 53.9 Å². The number of carbonyl (C=O) groups is 1. The van der Waals surface area contributed by atoms with Gasteiger partial charge in [0, 0.05) is 17.5 Å². The van der Waals surface area contributed by atoms with Crippen LogP contribution in [0.1, 0.15) is 29.3 Å². The van der Waals surface area contributed by atoms with Gasteiger partial charge in [0.05, 0.1) is 6.04 Å². The predicted octanol–water partition coefficient (Wildman–Crippen LogP) is 4.13. The molecule has 1 aliphatic rings. The highest BCUT2D eigenvalue weighted by Gasteiger charge is 2.29. The van der Waals surface area contributed by atoms with Crippen molar-refractivity contribution in [2.45, 2.75) is 18.9 Å². The summed E-state index contributed by atoms with van der Waals surface area (Å²) >= 11 is 1.74. The van der Waals surface area contributed by atoms with Gasteiger partial charge in [-0.15, -0.1) is 11.3 Å². The molecule has 2 nitrogen and oxygen atoms in total. The van der Waals surface area contributed by atoms with Crippen molar-refractivity contribution in [3.05, 3.63) is 64.4 Å². The Bertz CT molecular complexity index is 589. The van der Waals surface area contributed by atoms with Gasteiger partial charge in [0.2, 0.25) is 5.91 Å². The molecule has 1 unspecified atom stereocenters. The molecule has 1 aromatic carbocycles. The molecule has 1 fully saturated rings. The Morgan fingerprint density at radius 1 is 1.20 bits per heavy atom. The van der Waals surface area contributed by atoms with E-state index in [4.69, 9.17) is 0 Å². The number of carbonyl (C=O) groups excluding carboxylic acids is 1. The van der Waals surface area contributed by atoms with Crippen molar-refractivity contribution < 1.29 is 4.79 Å². The molecule has 0 radical (unpaired) electrons. The lowest BCUT2D eigenvalue weighted by atomic mass is 10.2. The molecule has 0 spiro atoms. The molecule has 2 heterocycles. The molecule has 1 saturated heterocycles. The predicted molar refractivity (Wildman–Crippen MR) is 83.5 cm³/mol. The molecule has 1 atom stereocenters. The van der Waals surface area contributed by atoms with Crippen molar-refractivity contribution >= 4 is 23.3 Å². The van der Waals surface area contributed by atoms with Gasteiger partial charge in [0.1, 0.15) is 0 Å². The van der Waals surface area contributed by atoms with Gasteiger partial charge in [-0.25, -0.2) is 0 Å². The number of hydrogen-bond acceptors (Lipinski definition) is 2. The van der Waals surface area contributed by atoms with Gasteiger partial charge in [0.15, 0.2) is 0 Å². The zero-order valence-corrected chi connectivity index (χ0v) is 12.1. The second-order valence-corrected chi connectivity index (χ2v) is 5.93. The average Bonchev–Trinajstić information content (AvgIpc) is 3.15. The number of rotatable bonds is 3. The van der Waals surface area contributed by atoms with Crippen molar-refractivity contribution in [1.82, 2.24) is 4.90 Å². The van der Waals surface area contributed by atoms with Gasteiger partial charge in [-0.2, -0.15) is 0 Å². The minimum Gasteiger partial charge on any atom is -0.331 e. The first kappa shape index (κ1) is 13.1. The first-order valence-corrected chi connectivity index (χ1v) is 7.80. The monoisotopic (exact) mass is 283 g/mol. The van der Waals surface area contributed by atoms with Crippen LogP contribution in [0, 0.1) is 0 Å². The first-order chi connectivity index (χ1) is 9.84. The van der Waals surface area contributed by atoms with Crippen LogP contribution in [-0.4, -0.2) is 17.4 Å². The normalized spacial score (nSPS) is 18.8. The van der Waals surface area contributed by atoms with Crippen LogP contribution in [0.25, 0.3) is 6.08 Å². The highest BCUT2D eigenvalue weighted by Crippen LogP contribution is 2.34. The fraction of sp³-hybridized carbons (Fsp3) is 0.235. The molecule has 0 saturated carbocycles. The summed E-state index contributed by atoms with van der Waals surface area (Å²) in [7, 11) is 0. The first-order valence-electron chi connectivity index (χ1n) is 6.92. The van der Waals surface area contributed by atoms with E-state index in [-0.39, 0.29) is 11.9 Å². The molecule has 2 aromatic rings. The number of nitrogens with zero attached hydrogens (tertiary/aromatic N) is 1. The molecule has 0 aliphatic carbocycles. The van der Waals surface area contributed by atoms with Crippen LogP contribution >= 0.6 is 11.3 Å². The molecule has 3 heteroatoms. The molecular formula is C17H17NOS. The van der Waals surface area contributed by atoms with Crippen LogP contribution in [0.5, 0.6) is 0 Å². The maximum Gasteiger partial charge on any atom is 0.247 e. The quantitative estimate of drug-likeness (QED) is 0.776. The van der Waals surface area contributed by atoms with Gasteiger partial charge < -0.3 is 4.90 Å². The fourth-order valence-corrected chi connectivity index (χ4v) is 3.51. The van der Waals surface area contributed by atoms with Crippen LogP contribution < -0.4 is 0 Å². The van der Waals surface area contributed by atoms with Crippen molar-refractivity contribution in [3.63, 3.8) is 0 Å². The van der Waals surface area contributed by atoms with E-state index >= 15 is 0 Å². The summed E-state index contributed by atoms with van der Waals surface area (Å²) in [4.78, 5) is 15.7. The Balaban J connectivity index is 1.72. The summed E-state index contributed by atoms with van der Waals surface area (Å²) < 4.78 is 0. The minimum atomic E-state index is 0.116. The zero-order chi connectivity index (χ0) is 13.8. The Hall–Kier alpha value is -1.87. The molecule has 102 valence electrons. The van der Waals surface area contributed by atoms with Gasteiger partial charge in [-0.3, -0.25) is 4.79 Å². The number of benzene rings is 1. The SMILES string of the molecule is O=C(/C=C/c1ccccc1)N1CCCC1c1cccs1. The summed E-state index contributed by atoms with van der Waals surface area (Å²) in [5.41, 5.74) is 1.06. The third-order valence-electron chi connectivity index (χ3n) is 3.63. The molecule has 20 heavy (non-hydrogen) atoms. The molecule has 1 amide bonds.